The van der Waals surface area contributed by atoms with E-state index in [1.54, 1.807) is 35.7 Å². The predicted molar refractivity (Wildman–Crippen MR) is 81.9 cm³/mol. The summed E-state index contributed by atoms with van der Waals surface area (Å²) in [7, 11) is 1.51. The fourth-order valence-electron chi connectivity index (χ4n) is 1.70. The molecule has 0 fully saturated rings. The van der Waals surface area contributed by atoms with E-state index in [0.29, 0.717) is 21.9 Å². The number of amides is 1. The lowest BCUT2D eigenvalue weighted by molar-refractivity contribution is -0.131. The van der Waals surface area contributed by atoms with Crippen molar-refractivity contribution in [2.75, 3.05) is 12.4 Å². The number of carbonyl (C=O) groups is 2. The van der Waals surface area contributed by atoms with E-state index in [9.17, 15) is 9.59 Å². The average molecular weight is 303 g/mol. The number of rotatable bonds is 5. The first-order valence-corrected chi connectivity index (χ1v) is 6.92. The Kier molecular flexibility index (Phi) is 4.73. The second-order valence-corrected chi connectivity index (χ2v) is 4.99. The monoisotopic (exact) mass is 303 g/mol. The molecule has 2 rings (SSSR count). The summed E-state index contributed by atoms with van der Waals surface area (Å²) in [6, 6.07) is 8.64. The van der Waals surface area contributed by atoms with Gasteiger partial charge in [0.05, 0.1) is 7.11 Å². The molecule has 2 N–H and O–H groups in total. The molecule has 0 saturated carbocycles. The Morgan fingerprint density at radius 3 is 2.86 bits per heavy atom. The van der Waals surface area contributed by atoms with Crippen LogP contribution < -0.4 is 10.1 Å². The molecule has 0 aliphatic heterocycles. The Hall–Kier alpha value is -2.60. The largest absolute Gasteiger partial charge is 0.495 e. The van der Waals surface area contributed by atoms with Gasteiger partial charge in [-0.15, -0.1) is 11.3 Å². The molecule has 0 radical (unpaired) electrons. The lowest BCUT2D eigenvalue weighted by Crippen LogP contribution is -2.11. The third-order valence-corrected chi connectivity index (χ3v) is 3.51. The van der Waals surface area contributed by atoms with E-state index in [-0.39, 0.29) is 5.91 Å². The third-order valence-electron chi connectivity index (χ3n) is 2.62. The Morgan fingerprint density at radius 2 is 2.14 bits per heavy atom. The number of methoxy groups -OCH3 is 1. The van der Waals surface area contributed by atoms with Gasteiger partial charge in [-0.1, -0.05) is 12.1 Å². The van der Waals surface area contributed by atoms with Gasteiger partial charge < -0.3 is 15.2 Å². The third kappa shape index (κ3) is 3.93. The number of aliphatic carboxylic acids is 1. The van der Waals surface area contributed by atoms with E-state index in [1.165, 1.54) is 24.5 Å². The maximum Gasteiger partial charge on any atom is 0.328 e. The molecular formula is C15H13NO4S. The molecule has 6 heteroatoms. The first kappa shape index (κ1) is 14.8. The van der Waals surface area contributed by atoms with Gasteiger partial charge in [0.15, 0.2) is 0 Å². The highest BCUT2D eigenvalue weighted by molar-refractivity contribution is 7.12. The Balaban J connectivity index is 2.14. The maximum atomic E-state index is 12.1. The molecule has 1 aromatic heterocycles. The minimum absolute atomic E-state index is 0.263. The number of carboxylic acid groups (broad SMARTS) is 1. The van der Waals surface area contributed by atoms with Crippen LogP contribution in [0.3, 0.4) is 0 Å². The lowest BCUT2D eigenvalue weighted by atomic mass is 10.2. The molecule has 1 amide bonds. The van der Waals surface area contributed by atoms with Gasteiger partial charge in [-0.3, -0.25) is 4.79 Å². The molecule has 1 heterocycles. The summed E-state index contributed by atoms with van der Waals surface area (Å²) in [6.45, 7) is 0. The molecule has 2 aromatic rings. The van der Waals surface area contributed by atoms with Crippen LogP contribution in [0.4, 0.5) is 5.69 Å². The van der Waals surface area contributed by atoms with Crippen molar-refractivity contribution in [1.82, 2.24) is 0 Å². The minimum Gasteiger partial charge on any atom is -0.495 e. The highest BCUT2D eigenvalue weighted by Gasteiger charge is 2.13. The molecule has 0 aliphatic carbocycles. The summed E-state index contributed by atoms with van der Waals surface area (Å²) in [5, 5.41) is 13.1. The summed E-state index contributed by atoms with van der Waals surface area (Å²) in [4.78, 5) is 23.1. The fourth-order valence-corrected chi connectivity index (χ4v) is 2.45. The van der Waals surface area contributed by atoms with Crippen LogP contribution >= 0.6 is 11.3 Å². The molecule has 0 saturated heterocycles. The molecule has 108 valence electrons. The molecule has 0 bridgehead atoms. The SMILES string of the molecule is COc1ccsc1C(=O)Nc1cccc(/C=C/C(=O)O)c1. The van der Waals surface area contributed by atoms with Gasteiger partial charge in [-0.25, -0.2) is 4.79 Å². The molecule has 0 spiro atoms. The standard InChI is InChI=1S/C15H13NO4S/c1-20-12-7-8-21-14(12)15(19)16-11-4-2-3-10(9-11)5-6-13(17)18/h2-9H,1H3,(H,16,19)(H,17,18)/b6-5+. The van der Waals surface area contributed by atoms with Crippen molar-refractivity contribution in [3.63, 3.8) is 0 Å². The second kappa shape index (κ2) is 6.71. The number of ether oxygens (including phenoxy) is 1. The molecule has 0 aliphatic rings. The van der Waals surface area contributed by atoms with Gasteiger partial charge in [0, 0.05) is 11.8 Å². The van der Waals surface area contributed by atoms with Crippen LogP contribution in [0.15, 0.2) is 41.8 Å². The van der Waals surface area contributed by atoms with Crippen molar-refractivity contribution < 1.29 is 19.4 Å². The summed E-state index contributed by atoms with van der Waals surface area (Å²) in [5.41, 5.74) is 1.27. The van der Waals surface area contributed by atoms with Crippen LogP contribution in [0, 0.1) is 0 Å². The average Bonchev–Trinajstić information content (AvgIpc) is 2.94. The highest BCUT2D eigenvalue weighted by Crippen LogP contribution is 2.25. The van der Waals surface area contributed by atoms with Crippen molar-refractivity contribution >= 4 is 35.0 Å². The van der Waals surface area contributed by atoms with Crippen LogP contribution in [-0.2, 0) is 4.79 Å². The smallest absolute Gasteiger partial charge is 0.328 e. The van der Waals surface area contributed by atoms with Crippen molar-refractivity contribution in [3.05, 3.63) is 52.2 Å². The van der Waals surface area contributed by atoms with Crippen LogP contribution in [0.2, 0.25) is 0 Å². The van der Waals surface area contributed by atoms with Gasteiger partial charge in [0.25, 0.3) is 5.91 Å². The first-order chi connectivity index (χ1) is 10.1. The molecule has 1 aromatic carbocycles. The van der Waals surface area contributed by atoms with Crippen LogP contribution in [0.5, 0.6) is 5.75 Å². The van der Waals surface area contributed by atoms with Gasteiger partial charge in [0.1, 0.15) is 10.6 Å². The van der Waals surface area contributed by atoms with Crippen molar-refractivity contribution in [2.45, 2.75) is 0 Å². The summed E-state index contributed by atoms with van der Waals surface area (Å²) >= 11 is 1.29. The zero-order valence-corrected chi connectivity index (χ0v) is 12.0. The Bertz CT molecular complexity index is 690. The molecule has 0 atom stereocenters. The quantitative estimate of drug-likeness (QED) is 0.832. The van der Waals surface area contributed by atoms with E-state index in [0.717, 1.165) is 6.08 Å². The van der Waals surface area contributed by atoms with Gasteiger partial charge >= 0.3 is 5.97 Å². The van der Waals surface area contributed by atoms with Gasteiger partial charge in [0.2, 0.25) is 0 Å². The number of hydrogen-bond acceptors (Lipinski definition) is 4. The summed E-state index contributed by atoms with van der Waals surface area (Å²) in [5.74, 6) is -0.756. The van der Waals surface area contributed by atoms with Gasteiger partial charge in [-0.05, 0) is 35.2 Å². The predicted octanol–water partition coefficient (Wildman–Crippen LogP) is 3.11. The van der Waals surface area contributed by atoms with E-state index < -0.39 is 5.97 Å². The number of carbonyl (C=O) groups excluding carboxylic acids is 1. The fraction of sp³-hybridized carbons (Fsp3) is 0.0667. The maximum absolute atomic E-state index is 12.1. The van der Waals surface area contributed by atoms with E-state index >= 15 is 0 Å². The number of hydrogen-bond donors (Lipinski definition) is 2. The molecule has 21 heavy (non-hydrogen) atoms. The molecular weight excluding hydrogens is 290 g/mol. The zero-order chi connectivity index (χ0) is 15.2. The highest BCUT2D eigenvalue weighted by atomic mass is 32.1. The van der Waals surface area contributed by atoms with E-state index in [2.05, 4.69) is 5.32 Å². The molecule has 5 nitrogen and oxygen atoms in total. The first-order valence-electron chi connectivity index (χ1n) is 6.04. The summed E-state index contributed by atoms with van der Waals surface area (Å²) < 4.78 is 5.11. The lowest BCUT2D eigenvalue weighted by Gasteiger charge is -2.06. The normalized spacial score (nSPS) is 10.5. The van der Waals surface area contributed by atoms with Gasteiger partial charge in [-0.2, -0.15) is 0 Å². The van der Waals surface area contributed by atoms with E-state index in [1.807, 2.05) is 0 Å². The number of thiophene rings is 1. The number of anilines is 1. The number of nitrogens with one attached hydrogen (secondary N) is 1. The van der Waals surface area contributed by atoms with E-state index in [4.69, 9.17) is 9.84 Å². The van der Waals surface area contributed by atoms with Crippen molar-refractivity contribution in [1.29, 1.82) is 0 Å². The zero-order valence-electron chi connectivity index (χ0n) is 11.2. The number of benzene rings is 1. The van der Waals surface area contributed by atoms with Crippen molar-refractivity contribution in [3.8, 4) is 5.75 Å². The Morgan fingerprint density at radius 1 is 1.33 bits per heavy atom. The second-order valence-electron chi connectivity index (χ2n) is 4.07. The van der Waals surface area contributed by atoms with Crippen LogP contribution in [-0.4, -0.2) is 24.1 Å². The summed E-state index contributed by atoms with van der Waals surface area (Å²) in [6.07, 6.45) is 2.51. The van der Waals surface area contributed by atoms with Crippen LogP contribution in [0.25, 0.3) is 6.08 Å². The molecule has 0 unspecified atom stereocenters. The van der Waals surface area contributed by atoms with Crippen molar-refractivity contribution in [2.24, 2.45) is 0 Å². The van der Waals surface area contributed by atoms with Crippen LogP contribution in [0.1, 0.15) is 15.2 Å². The topological polar surface area (TPSA) is 75.6 Å². The number of carboxylic acids is 1. The Labute approximate surface area is 125 Å². The minimum atomic E-state index is -1.02.